The third-order valence-electron chi connectivity index (χ3n) is 2.75. The standard InChI is InChI=1S/C10H19NO3/c12-6-4-2-1-3-5-9-7-11(8-9)10(13)14/h9,12H,1-8H2,(H,13,14). The molecule has 4 heteroatoms. The Morgan fingerprint density at radius 3 is 2.43 bits per heavy atom. The average molecular weight is 201 g/mol. The molecular weight excluding hydrogens is 182 g/mol. The summed E-state index contributed by atoms with van der Waals surface area (Å²) < 4.78 is 0. The number of hydrogen-bond donors (Lipinski definition) is 2. The number of nitrogens with zero attached hydrogens (tertiary/aromatic N) is 1. The highest BCUT2D eigenvalue weighted by Crippen LogP contribution is 2.21. The van der Waals surface area contributed by atoms with Crippen LogP contribution in [0.15, 0.2) is 0 Å². The molecule has 1 aliphatic heterocycles. The molecule has 0 unspecified atom stereocenters. The lowest BCUT2D eigenvalue weighted by atomic mass is 9.94. The fourth-order valence-corrected chi connectivity index (χ4v) is 1.81. The fraction of sp³-hybridized carbons (Fsp3) is 0.900. The molecular formula is C10H19NO3. The Morgan fingerprint density at radius 1 is 1.21 bits per heavy atom. The van der Waals surface area contributed by atoms with Gasteiger partial charge in [-0.1, -0.05) is 19.3 Å². The van der Waals surface area contributed by atoms with Gasteiger partial charge in [0.05, 0.1) is 0 Å². The summed E-state index contributed by atoms with van der Waals surface area (Å²) in [6.07, 6.45) is 4.65. The molecule has 1 rings (SSSR count). The van der Waals surface area contributed by atoms with Crippen LogP contribution in [0.2, 0.25) is 0 Å². The maximum atomic E-state index is 10.4. The van der Waals surface area contributed by atoms with E-state index in [0.29, 0.717) is 5.92 Å². The monoisotopic (exact) mass is 201 g/mol. The largest absolute Gasteiger partial charge is 0.465 e. The van der Waals surface area contributed by atoms with Gasteiger partial charge < -0.3 is 15.1 Å². The van der Waals surface area contributed by atoms with Gasteiger partial charge in [-0.25, -0.2) is 4.79 Å². The molecule has 0 aromatic heterocycles. The van der Waals surface area contributed by atoms with Gasteiger partial charge in [0.25, 0.3) is 0 Å². The van der Waals surface area contributed by atoms with Crippen LogP contribution in [-0.2, 0) is 0 Å². The number of hydrogen-bond acceptors (Lipinski definition) is 2. The van der Waals surface area contributed by atoms with Crippen molar-refractivity contribution in [2.75, 3.05) is 19.7 Å². The molecule has 0 radical (unpaired) electrons. The van der Waals surface area contributed by atoms with E-state index >= 15 is 0 Å². The fourth-order valence-electron chi connectivity index (χ4n) is 1.81. The first-order valence-corrected chi connectivity index (χ1v) is 5.32. The summed E-state index contributed by atoms with van der Waals surface area (Å²) in [6, 6.07) is 0. The number of rotatable bonds is 6. The van der Waals surface area contributed by atoms with Crippen molar-refractivity contribution in [2.45, 2.75) is 32.1 Å². The molecule has 82 valence electrons. The second-order valence-electron chi connectivity index (χ2n) is 3.98. The molecule has 1 amide bonds. The Hall–Kier alpha value is -0.770. The van der Waals surface area contributed by atoms with Crippen LogP contribution in [0.25, 0.3) is 0 Å². The van der Waals surface area contributed by atoms with E-state index in [1.165, 1.54) is 4.90 Å². The van der Waals surface area contributed by atoms with Gasteiger partial charge in [-0.05, 0) is 18.8 Å². The van der Waals surface area contributed by atoms with Crippen molar-refractivity contribution in [3.8, 4) is 0 Å². The van der Waals surface area contributed by atoms with E-state index < -0.39 is 6.09 Å². The van der Waals surface area contributed by atoms with Gasteiger partial charge in [-0.2, -0.15) is 0 Å². The molecule has 4 nitrogen and oxygen atoms in total. The van der Waals surface area contributed by atoms with E-state index in [4.69, 9.17) is 10.2 Å². The van der Waals surface area contributed by atoms with E-state index in [0.717, 1.165) is 45.2 Å². The first-order chi connectivity index (χ1) is 6.74. The van der Waals surface area contributed by atoms with Crippen molar-refractivity contribution >= 4 is 6.09 Å². The van der Waals surface area contributed by atoms with E-state index in [1.54, 1.807) is 0 Å². The number of aliphatic hydroxyl groups excluding tert-OH is 1. The topological polar surface area (TPSA) is 60.8 Å². The third-order valence-corrected chi connectivity index (χ3v) is 2.75. The van der Waals surface area contributed by atoms with Crippen molar-refractivity contribution in [3.05, 3.63) is 0 Å². The van der Waals surface area contributed by atoms with Crippen LogP contribution in [-0.4, -0.2) is 40.9 Å². The molecule has 0 spiro atoms. The summed E-state index contributed by atoms with van der Waals surface area (Å²) in [5.41, 5.74) is 0. The van der Waals surface area contributed by atoms with Gasteiger partial charge in [0, 0.05) is 19.7 Å². The third kappa shape index (κ3) is 3.54. The van der Waals surface area contributed by atoms with Crippen molar-refractivity contribution in [1.29, 1.82) is 0 Å². The Labute approximate surface area is 84.5 Å². The quantitative estimate of drug-likeness (QED) is 0.641. The first kappa shape index (κ1) is 11.3. The van der Waals surface area contributed by atoms with Crippen molar-refractivity contribution in [2.24, 2.45) is 5.92 Å². The number of amides is 1. The molecule has 14 heavy (non-hydrogen) atoms. The van der Waals surface area contributed by atoms with Gasteiger partial charge in [0.15, 0.2) is 0 Å². The maximum Gasteiger partial charge on any atom is 0.407 e. The zero-order valence-electron chi connectivity index (χ0n) is 8.48. The van der Waals surface area contributed by atoms with Crippen LogP contribution >= 0.6 is 0 Å². The molecule has 0 atom stereocenters. The van der Waals surface area contributed by atoms with E-state index in [9.17, 15) is 4.79 Å². The summed E-state index contributed by atoms with van der Waals surface area (Å²) in [5.74, 6) is 0.584. The van der Waals surface area contributed by atoms with Crippen LogP contribution < -0.4 is 0 Å². The second-order valence-corrected chi connectivity index (χ2v) is 3.98. The minimum Gasteiger partial charge on any atom is -0.465 e. The second kappa shape index (κ2) is 5.86. The number of unbranched alkanes of at least 4 members (excludes halogenated alkanes) is 3. The van der Waals surface area contributed by atoms with Gasteiger partial charge in [-0.15, -0.1) is 0 Å². The highest BCUT2D eigenvalue weighted by molar-refractivity contribution is 5.65. The van der Waals surface area contributed by atoms with E-state index in [2.05, 4.69) is 0 Å². The summed E-state index contributed by atoms with van der Waals surface area (Å²) >= 11 is 0. The minimum absolute atomic E-state index is 0.288. The predicted octanol–water partition coefficient (Wildman–Crippen LogP) is 1.54. The molecule has 0 bridgehead atoms. The highest BCUT2D eigenvalue weighted by atomic mass is 16.4. The van der Waals surface area contributed by atoms with Crippen molar-refractivity contribution in [1.82, 2.24) is 4.90 Å². The van der Waals surface area contributed by atoms with Gasteiger partial charge in [0.2, 0.25) is 0 Å². The van der Waals surface area contributed by atoms with Crippen LogP contribution in [0.4, 0.5) is 4.79 Å². The zero-order chi connectivity index (χ0) is 10.4. The van der Waals surface area contributed by atoms with E-state index in [-0.39, 0.29) is 6.61 Å². The molecule has 1 heterocycles. The highest BCUT2D eigenvalue weighted by Gasteiger charge is 2.29. The summed E-state index contributed by atoms with van der Waals surface area (Å²) in [5, 5.41) is 17.1. The van der Waals surface area contributed by atoms with Gasteiger partial charge in [-0.3, -0.25) is 0 Å². The van der Waals surface area contributed by atoms with Crippen LogP contribution in [0.3, 0.4) is 0 Å². The maximum absolute atomic E-state index is 10.4. The van der Waals surface area contributed by atoms with Gasteiger partial charge in [0.1, 0.15) is 0 Å². The number of carbonyl (C=O) groups is 1. The average Bonchev–Trinajstić information content (AvgIpc) is 2.06. The lowest BCUT2D eigenvalue weighted by Crippen LogP contribution is -2.49. The SMILES string of the molecule is O=C(O)N1CC(CCCCCCO)C1. The smallest absolute Gasteiger partial charge is 0.407 e. The van der Waals surface area contributed by atoms with E-state index in [1.807, 2.05) is 0 Å². The number of aliphatic hydroxyl groups is 1. The molecule has 2 N–H and O–H groups in total. The normalized spacial score (nSPS) is 16.8. The molecule has 0 saturated carbocycles. The Morgan fingerprint density at radius 2 is 1.86 bits per heavy atom. The number of likely N-dealkylation sites (tertiary alicyclic amines) is 1. The Kier molecular flexibility index (Phi) is 4.73. The van der Waals surface area contributed by atoms with Crippen LogP contribution in [0.1, 0.15) is 32.1 Å². The molecule has 0 aromatic carbocycles. The molecule has 0 aliphatic carbocycles. The molecule has 1 fully saturated rings. The lowest BCUT2D eigenvalue weighted by molar-refractivity contribution is 0.0772. The van der Waals surface area contributed by atoms with Crippen LogP contribution in [0.5, 0.6) is 0 Å². The number of carboxylic acid groups (broad SMARTS) is 1. The first-order valence-electron chi connectivity index (χ1n) is 5.32. The Bertz CT molecular complexity index is 178. The summed E-state index contributed by atoms with van der Waals surface area (Å²) in [7, 11) is 0. The summed E-state index contributed by atoms with van der Waals surface area (Å²) in [4.78, 5) is 11.9. The molecule has 1 saturated heterocycles. The molecule has 1 aliphatic rings. The zero-order valence-corrected chi connectivity index (χ0v) is 8.48. The predicted molar refractivity (Wildman–Crippen MR) is 53.3 cm³/mol. The molecule has 0 aromatic rings. The summed E-state index contributed by atoms with van der Waals surface area (Å²) in [6.45, 7) is 1.72. The minimum atomic E-state index is -0.790. The lowest BCUT2D eigenvalue weighted by Gasteiger charge is -2.37. The van der Waals surface area contributed by atoms with Crippen molar-refractivity contribution in [3.63, 3.8) is 0 Å². The Balaban J connectivity index is 1.88. The van der Waals surface area contributed by atoms with Gasteiger partial charge >= 0.3 is 6.09 Å². The van der Waals surface area contributed by atoms with Crippen LogP contribution in [0, 0.1) is 5.92 Å². The van der Waals surface area contributed by atoms with Crippen molar-refractivity contribution < 1.29 is 15.0 Å².